The number of aryl methyl sites for hydroxylation is 1. The number of rotatable bonds is 5. The van der Waals surface area contributed by atoms with Gasteiger partial charge in [0.05, 0.1) is 0 Å². The van der Waals surface area contributed by atoms with E-state index in [9.17, 15) is 0 Å². The Morgan fingerprint density at radius 1 is 0.784 bits per heavy atom. The fourth-order valence-corrected chi connectivity index (χ4v) is 24.3. The molecule has 1 unspecified atom stereocenters. The van der Waals surface area contributed by atoms with E-state index in [0.717, 1.165) is 5.54 Å². The van der Waals surface area contributed by atoms with Gasteiger partial charge in [0.1, 0.15) is 0 Å². The van der Waals surface area contributed by atoms with Gasteiger partial charge in [-0.1, -0.05) is 0 Å². The number of benzene rings is 3. The molecule has 0 nitrogen and oxygen atoms in total. The minimum absolute atomic E-state index is 0.685. The summed E-state index contributed by atoms with van der Waals surface area (Å²) in [7, 11) is 0. The first-order valence-corrected chi connectivity index (χ1v) is 22.1. The molecule has 0 heterocycles. The second-order valence-electron chi connectivity index (χ2n) is 11.9. The molecule has 0 N–H and O–H groups in total. The molecule has 3 aliphatic carbocycles. The first-order chi connectivity index (χ1) is 17.8. The molecular weight excluding hydrogens is 540 g/mol. The second-order valence-corrected chi connectivity index (χ2v) is 29.4. The van der Waals surface area contributed by atoms with E-state index in [0.29, 0.717) is 3.63 Å². The van der Waals surface area contributed by atoms with Crippen LogP contribution in [0.5, 0.6) is 0 Å². The quantitative estimate of drug-likeness (QED) is 0.265. The van der Waals surface area contributed by atoms with Crippen LogP contribution in [0.25, 0.3) is 28.3 Å². The molecule has 0 fully saturated rings. The van der Waals surface area contributed by atoms with E-state index in [1.54, 1.807) is 44.5 Å². The van der Waals surface area contributed by atoms with E-state index in [1.165, 1.54) is 41.5 Å². The van der Waals surface area contributed by atoms with Gasteiger partial charge >= 0.3 is 236 Å². The van der Waals surface area contributed by atoms with Crippen molar-refractivity contribution in [1.29, 1.82) is 0 Å². The molecule has 0 amide bonds. The van der Waals surface area contributed by atoms with Crippen LogP contribution in [-0.2, 0) is 35.2 Å². The third-order valence-electron chi connectivity index (χ3n) is 9.40. The Balaban J connectivity index is 1.45. The summed E-state index contributed by atoms with van der Waals surface area (Å²) in [6.07, 6.45) is 8.91. The van der Waals surface area contributed by atoms with Crippen molar-refractivity contribution >= 4 is 11.3 Å². The van der Waals surface area contributed by atoms with Gasteiger partial charge in [0.25, 0.3) is 0 Å². The van der Waals surface area contributed by atoms with Gasteiger partial charge in [-0.2, -0.15) is 0 Å². The Morgan fingerprint density at radius 3 is 2.14 bits per heavy atom. The van der Waals surface area contributed by atoms with Gasteiger partial charge in [0.15, 0.2) is 0 Å². The maximum absolute atomic E-state index is 2.72. The molecular formula is C35H38SiZr. The van der Waals surface area contributed by atoms with E-state index in [4.69, 9.17) is 0 Å². The van der Waals surface area contributed by atoms with Crippen LogP contribution in [0.2, 0.25) is 18.6 Å². The topological polar surface area (TPSA) is 0 Å². The molecule has 3 aromatic carbocycles. The standard InChI is InChI=1S/C24H19.C11H19Si.Zr/c1-2-8-17(9-3-1)20-12-4-5-13-23(20)24-21-14-6-10-18(21)16-19-11-7-15-22(19)24;1-7-8(2)10(4)11(9(7)3)12(5)6;/h1-6,8-10,12-14,16H,7,11,15H2;11H,1-6H3;. The van der Waals surface area contributed by atoms with E-state index in [2.05, 4.69) is 114 Å². The molecule has 0 aromatic heterocycles. The molecule has 0 radical (unpaired) electrons. The summed E-state index contributed by atoms with van der Waals surface area (Å²) in [5, 5.41) is -1.40. The van der Waals surface area contributed by atoms with Crippen molar-refractivity contribution in [2.45, 2.75) is 69.2 Å². The molecule has 3 aliphatic rings. The predicted molar refractivity (Wildman–Crippen MR) is 159 cm³/mol. The van der Waals surface area contributed by atoms with Crippen LogP contribution in [0.1, 0.15) is 60.0 Å². The summed E-state index contributed by atoms with van der Waals surface area (Å²) in [4.78, 5) is 0. The zero-order valence-corrected chi connectivity index (χ0v) is 26.7. The average molecular weight is 578 g/mol. The van der Waals surface area contributed by atoms with Gasteiger partial charge in [-0.25, -0.2) is 0 Å². The number of fused-ring (bicyclic) bond motifs is 2. The summed E-state index contributed by atoms with van der Waals surface area (Å²) in [5.41, 5.74) is 19.4. The molecule has 6 rings (SSSR count). The maximum atomic E-state index is 2.72. The Labute approximate surface area is 235 Å². The first-order valence-electron chi connectivity index (χ1n) is 13.9. The van der Waals surface area contributed by atoms with Crippen LogP contribution in [0.4, 0.5) is 0 Å². The van der Waals surface area contributed by atoms with Gasteiger partial charge in [0.2, 0.25) is 0 Å². The fraction of sp³-hybridized carbons (Fsp3) is 0.314. The van der Waals surface area contributed by atoms with E-state index in [1.807, 2.05) is 0 Å². The number of hydrogen-bond donors (Lipinski definition) is 0. The zero-order chi connectivity index (χ0) is 25.9. The molecule has 2 heteroatoms. The van der Waals surface area contributed by atoms with Crippen molar-refractivity contribution in [2.75, 3.05) is 0 Å². The van der Waals surface area contributed by atoms with Crippen molar-refractivity contribution in [3.05, 3.63) is 111 Å². The van der Waals surface area contributed by atoms with E-state index < -0.39 is 27.6 Å². The van der Waals surface area contributed by atoms with Crippen molar-refractivity contribution in [1.82, 2.24) is 0 Å². The third-order valence-corrected chi connectivity index (χ3v) is 23.9. The van der Waals surface area contributed by atoms with Gasteiger partial charge in [0, 0.05) is 0 Å². The Kier molecular flexibility index (Phi) is 6.57. The van der Waals surface area contributed by atoms with E-state index in [-0.39, 0.29) is 0 Å². The molecule has 0 saturated heterocycles. The minimum atomic E-state index is -1.40. The normalized spacial score (nSPS) is 19.1. The average Bonchev–Trinajstić information content (AvgIpc) is 3.58. The summed E-state index contributed by atoms with van der Waals surface area (Å²) >= 11 is -0.685. The monoisotopic (exact) mass is 576 g/mol. The van der Waals surface area contributed by atoms with Crippen LogP contribution < -0.4 is 0 Å². The summed E-state index contributed by atoms with van der Waals surface area (Å²) < 4.78 is 0.704. The van der Waals surface area contributed by atoms with Crippen LogP contribution >= 0.6 is 0 Å². The molecule has 0 spiro atoms. The molecule has 0 bridgehead atoms. The van der Waals surface area contributed by atoms with Gasteiger partial charge in [-0.3, -0.25) is 0 Å². The molecule has 0 aliphatic heterocycles. The van der Waals surface area contributed by atoms with Gasteiger partial charge < -0.3 is 0 Å². The summed E-state index contributed by atoms with van der Waals surface area (Å²) in [6, 6.07) is 22.8. The first kappa shape index (κ1) is 25.3. The Hall–Kier alpha value is -2.02. The van der Waals surface area contributed by atoms with E-state index >= 15 is 0 Å². The third kappa shape index (κ3) is 4.20. The number of allylic oxidation sites excluding steroid dienone is 5. The van der Waals surface area contributed by atoms with Crippen molar-refractivity contribution in [3.8, 4) is 22.3 Å². The van der Waals surface area contributed by atoms with Crippen LogP contribution in [0, 0.1) is 0 Å². The number of hydrogen-bond acceptors (Lipinski definition) is 0. The SMILES string of the molecule is CC1=C(C)C([Si](C)(C)[Zr][CH]2C=Cc3c2cc2c(c3-c3ccccc3-c3ccccc3)CCC2)C(C)=C1C. The predicted octanol–water partition coefficient (Wildman–Crippen LogP) is 9.92. The summed E-state index contributed by atoms with van der Waals surface area (Å²) in [5.74, 6) is 0. The second kappa shape index (κ2) is 9.62. The van der Waals surface area contributed by atoms with Crippen molar-refractivity contribution in [3.63, 3.8) is 0 Å². The van der Waals surface area contributed by atoms with Gasteiger partial charge in [-0.05, 0) is 0 Å². The van der Waals surface area contributed by atoms with Crippen LogP contribution in [0.3, 0.4) is 0 Å². The fourth-order valence-electron chi connectivity index (χ4n) is 7.44. The van der Waals surface area contributed by atoms with Crippen LogP contribution in [0.15, 0.2) is 89.0 Å². The molecule has 1 atom stereocenters. The molecule has 37 heavy (non-hydrogen) atoms. The molecule has 186 valence electrons. The molecule has 0 saturated carbocycles. The zero-order valence-electron chi connectivity index (χ0n) is 23.2. The summed E-state index contributed by atoms with van der Waals surface area (Å²) in [6.45, 7) is 15.0. The Bertz CT molecular complexity index is 1460. The van der Waals surface area contributed by atoms with Crippen LogP contribution in [-0.4, -0.2) is 5.20 Å². The molecule has 3 aromatic rings. The van der Waals surface area contributed by atoms with Crippen molar-refractivity contribution in [2.24, 2.45) is 0 Å². The van der Waals surface area contributed by atoms with Crippen molar-refractivity contribution < 1.29 is 22.4 Å². The van der Waals surface area contributed by atoms with Gasteiger partial charge in [-0.15, -0.1) is 0 Å². The Morgan fingerprint density at radius 2 is 1.43 bits per heavy atom.